The number of carbonyl (C=O) groups is 1. The van der Waals surface area contributed by atoms with Gasteiger partial charge in [0.2, 0.25) is 0 Å². The summed E-state index contributed by atoms with van der Waals surface area (Å²) in [4.78, 5) is 13.0. The highest BCUT2D eigenvalue weighted by atomic mass is 16.4. The van der Waals surface area contributed by atoms with E-state index in [0.29, 0.717) is 5.57 Å². The van der Waals surface area contributed by atoms with Crippen LogP contribution in [0.4, 0.5) is 0 Å². The maximum atomic E-state index is 10.9. The third-order valence-electron chi connectivity index (χ3n) is 2.35. The molecule has 2 N–H and O–H groups in total. The van der Waals surface area contributed by atoms with Crippen molar-refractivity contribution < 1.29 is 9.90 Å². The number of aliphatic carboxylic acids is 1. The van der Waals surface area contributed by atoms with Crippen molar-refractivity contribution in [3.63, 3.8) is 0 Å². The van der Waals surface area contributed by atoms with E-state index < -0.39 is 5.97 Å². The second-order valence-electron chi connectivity index (χ2n) is 3.08. The van der Waals surface area contributed by atoms with Gasteiger partial charge in [0.15, 0.2) is 0 Å². The largest absolute Gasteiger partial charge is 0.478 e. The minimum atomic E-state index is -0.862. The van der Waals surface area contributed by atoms with Crippen molar-refractivity contribution in [3.05, 3.63) is 23.9 Å². The lowest BCUT2D eigenvalue weighted by atomic mass is 10.1. The van der Waals surface area contributed by atoms with E-state index in [0.717, 1.165) is 13.1 Å². The first-order valence-electron chi connectivity index (χ1n) is 4.80. The maximum Gasteiger partial charge on any atom is 0.335 e. The molecule has 1 heterocycles. The number of likely N-dealkylation sites (N-methyl/N-ethyl adjacent to an activating group) is 1. The highest BCUT2D eigenvalue weighted by Gasteiger charge is 2.24. The number of nitrogens with zero attached hydrogens (tertiary/aromatic N) is 1. The van der Waals surface area contributed by atoms with E-state index in [-0.39, 0.29) is 6.17 Å². The van der Waals surface area contributed by atoms with Crippen LogP contribution in [0, 0.1) is 0 Å². The van der Waals surface area contributed by atoms with Gasteiger partial charge in [0.25, 0.3) is 0 Å². The monoisotopic (exact) mass is 196 g/mol. The fraction of sp³-hybridized carbons (Fsp3) is 0.500. The summed E-state index contributed by atoms with van der Waals surface area (Å²) in [6.07, 6.45) is 4.92. The molecule has 1 atom stereocenters. The Labute approximate surface area is 83.9 Å². The van der Waals surface area contributed by atoms with Crippen LogP contribution >= 0.6 is 0 Å². The van der Waals surface area contributed by atoms with Gasteiger partial charge in [0.05, 0.1) is 5.57 Å². The summed E-state index contributed by atoms with van der Waals surface area (Å²) in [5.41, 5.74) is 0.399. The zero-order valence-corrected chi connectivity index (χ0v) is 8.53. The predicted octanol–water partition coefficient (Wildman–Crippen LogP) is 0.782. The molecule has 0 saturated heterocycles. The Balaban J connectivity index is 2.82. The van der Waals surface area contributed by atoms with E-state index in [2.05, 4.69) is 10.2 Å². The first kappa shape index (κ1) is 10.8. The van der Waals surface area contributed by atoms with Gasteiger partial charge in [-0.25, -0.2) is 4.79 Å². The quantitative estimate of drug-likeness (QED) is 0.697. The molecule has 0 aromatic carbocycles. The molecule has 0 aromatic rings. The Morgan fingerprint density at radius 1 is 1.57 bits per heavy atom. The molecule has 14 heavy (non-hydrogen) atoms. The molecule has 1 unspecified atom stereocenters. The third-order valence-corrected chi connectivity index (χ3v) is 2.35. The third kappa shape index (κ3) is 2.14. The van der Waals surface area contributed by atoms with Crippen molar-refractivity contribution in [1.82, 2.24) is 10.2 Å². The fourth-order valence-electron chi connectivity index (χ4n) is 1.56. The number of hydrogen-bond donors (Lipinski definition) is 2. The number of hydrogen-bond acceptors (Lipinski definition) is 3. The van der Waals surface area contributed by atoms with Crippen LogP contribution in [0.1, 0.15) is 13.8 Å². The maximum absolute atomic E-state index is 10.9. The SMILES string of the molecule is CCN(CC)C1NC=CC=C1C(=O)O. The van der Waals surface area contributed by atoms with Crippen LogP contribution in [0.2, 0.25) is 0 Å². The molecule has 0 aromatic heterocycles. The van der Waals surface area contributed by atoms with Gasteiger partial charge >= 0.3 is 5.97 Å². The Hall–Kier alpha value is -1.29. The van der Waals surface area contributed by atoms with Gasteiger partial charge in [0, 0.05) is 0 Å². The summed E-state index contributed by atoms with van der Waals surface area (Å²) in [7, 11) is 0. The van der Waals surface area contributed by atoms with Crippen molar-refractivity contribution in [2.24, 2.45) is 0 Å². The molecule has 0 spiro atoms. The summed E-state index contributed by atoms with van der Waals surface area (Å²) in [6, 6.07) is 0. The molecular weight excluding hydrogens is 180 g/mol. The predicted molar refractivity (Wildman–Crippen MR) is 54.7 cm³/mol. The van der Waals surface area contributed by atoms with Crippen LogP contribution < -0.4 is 5.32 Å². The molecule has 1 aliphatic rings. The number of carboxylic acids is 1. The number of allylic oxidation sites excluding steroid dienone is 2. The van der Waals surface area contributed by atoms with Gasteiger partial charge in [0.1, 0.15) is 6.17 Å². The zero-order valence-electron chi connectivity index (χ0n) is 8.53. The Kier molecular flexibility index (Phi) is 3.71. The topological polar surface area (TPSA) is 52.6 Å². The summed E-state index contributed by atoms with van der Waals surface area (Å²) in [6.45, 7) is 5.69. The van der Waals surface area contributed by atoms with Gasteiger partial charge < -0.3 is 10.4 Å². The number of dihydropyridines is 1. The molecule has 0 radical (unpaired) electrons. The molecular formula is C10H16N2O2. The fourth-order valence-corrected chi connectivity index (χ4v) is 1.56. The lowest BCUT2D eigenvalue weighted by Crippen LogP contribution is -2.47. The van der Waals surface area contributed by atoms with Gasteiger partial charge in [-0.05, 0) is 31.4 Å². The number of carboxylic acid groups (broad SMARTS) is 1. The highest BCUT2D eigenvalue weighted by molar-refractivity contribution is 5.88. The first-order chi connectivity index (χ1) is 6.70. The van der Waals surface area contributed by atoms with Crippen LogP contribution in [0.3, 0.4) is 0 Å². The van der Waals surface area contributed by atoms with Crippen LogP contribution in [0.15, 0.2) is 23.9 Å². The van der Waals surface area contributed by atoms with Crippen molar-refractivity contribution in [2.45, 2.75) is 20.0 Å². The van der Waals surface area contributed by atoms with Crippen LogP contribution in [0.25, 0.3) is 0 Å². The van der Waals surface area contributed by atoms with Gasteiger partial charge in [-0.2, -0.15) is 0 Å². The Morgan fingerprint density at radius 3 is 2.71 bits per heavy atom. The molecule has 4 heteroatoms. The molecule has 4 nitrogen and oxygen atoms in total. The van der Waals surface area contributed by atoms with E-state index in [1.807, 2.05) is 13.8 Å². The average molecular weight is 196 g/mol. The first-order valence-corrected chi connectivity index (χ1v) is 4.80. The van der Waals surface area contributed by atoms with Crippen molar-refractivity contribution in [3.8, 4) is 0 Å². The summed E-state index contributed by atoms with van der Waals surface area (Å²) < 4.78 is 0. The second kappa shape index (κ2) is 4.81. The standard InChI is InChI=1S/C10H16N2O2/c1-3-12(4-2)9-8(10(13)14)6-5-7-11-9/h5-7,9,11H,3-4H2,1-2H3,(H,13,14). The molecule has 0 fully saturated rings. The summed E-state index contributed by atoms with van der Waals surface area (Å²) in [5, 5.41) is 12.0. The highest BCUT2D eigenvalue weighted by Crippen LogP contribution is 2.11. The van der Waals surface area contributed by atoms with Crippen LogP contribution in [-0.2, 0) is 4.79 Å². The van der Waals surface area contributed by atoms with Crippen LogP contribution in [0.5, 0.6) is 0 Å². The number of nitrogens with one attached hydrogen (secondary N) is 1. The number of rotatable bonds is 4. The van der Waals surface area contributed by atoms with Gasteiger partial charge in [-0.3, -0.25) is 4.90 Å². The molecule has 0 amide bonds. The molecule has 0 saturated carbocycles. The molecule has 1 rings (SSSR count). The van der Waals surface area contributed by atoms with E-state index in [4.69, 9.17) is 5.11 Å². The normalized spacial score (nSPS) is 20.5. The lowest BCUT2D eigenvalue weighted by molar-refractivity contribution is -0.133. The molecule has 78 valence electrons. The van der Waals surface area contributed by atoms with Gasteiger partial charge in [-0.1, -0.05) is 13.8 Å². The smallest absolute Gasteiger partial charge is 0.335 e. The van der Waals surface area contributed by atoms with Crippen molar-refractivity contribution in [1.29, 1.82) is 0 Å². The average Bonchev–Trinajstić information content (AvgIpc) is 2.20. The van der Waals surface area contributed by atoms with E-state index in [1.54, 1.807) is 18.4 Å². The van der Waals surface area contributed by atoms with Gasteiger partial charge in [-0.15, -0.1) is 0 Å². The van der Waals surface area contributed by atoms with Crippen LogP contribution in [-0.4, -0.2) is 35.2 Å². The second-order valence-corrected chi connectivity index (χ2v) is 3.08. The minimum Gasteiger partial charge on any atom is -0.478 e. The molecule has 0 aliphatic carbocycles. The Morgan fingerprint density at radius 2 is 2.21 bits per heavy atom. The lowest BCUT2D eigenvalue weighted by Gasteiger charge is -2.31. The van der Waals surface area contributed by atoms with Crippen molar-refractivity contribution >= 4 is 5.97 Å². The summed E-state index contributed by atoms with van der Waals surface area (Å²) in [5.74, 6) is -0.862. The Bertz CT molecular complexity index is 267. The minimum absolute atomic E-state index is 0.201. The molecule has 0 bridgehead atoms. The van der Waals surface area contributed by atoms with E-state index in [1.165, 1.54) is 0 Å². The van der Waals surface area contributed by atoms with Crippen molar-refractivity contribution in [2.75, 3.05) is 13.1 Å². The summed E-state index contributed by atoms with van der Waals surface area (Å²) >= 11 is 0. The zero-order chi connectivity index (χ0) is 10.6. The van der Waals surface area contributed by atoms with E-state index >= 15 is 0 Å². The van der Waals surface area contributed by atoms with E-state index in [9.17, 15) is 4.79 Å². The molecule has 1 aliphatic heterocycles.